The van der Waals surface area contributed by atoms with Gasteiger partial charge in [-0.1, -0.05) is 24.3 Å². The number of aryl methyl sites for hydroxylation is 2. The molecule has 0 atom stereocenters. The second-order valence-electron chi connectivity index (χ2n) is 8.03. The number of hydrogen-bond acceptors (Lipinski definition) is 4. The van der Waals surface area contributed by atoms with Crippen molar-refractivity contribution in [3.8, 4) is 0 Å². The molecule has 1 aromatic carbocycles. The van der Waals surface area contributed by atoms with Gasteiger partial charge >= 0.3 is 0 Å². The molecule has 0 spiro atoms. The van der Waals surface area contributed by atoms with E-state index in [4.69, 9.17) is 0 Å². The molecule has 0 radical (unpaired) electrons. The van der Waals surface area contributed by atoms with Crippen LogP contribution in [-0.2, 0) is 14.1 Å². The van der Waals surface area contributed by atoms with Gasteiger partial charge < -0.3 is 10.6 Å². The minimum Gasteiger partial charge on any atom is -0.316 e. The second-order valence-corrected chi connectivity index (χ2v) is 8.03. The van der Waals surface area contributed by atoms with Gasteiger partial charge in [0.2, 0.25) is 0 Å². The van der Waals surface area contributed by atoms with Gasteiger partial charge in [0.15, 0.2) is 24.8 Å². The Balaban J connectivity index is 1.50. The topological polar surface area (TPSA) is 91.7 Å². The number of nitrogens with one attached hydrogen (secondary N) is 2. The molecule has 0 saturated carbocycles. The first-order valence-electron chi connectivity index (χ1n) is 10.7. The van der Waals surface area contributed by atoms with E-state index in [1.165, 1.54) is 0 Å². The van der Waals surface area contributed by atoms with Crippen molar-refractivity contribution in [2.24, 2.45) is 14.1 Å². The summed E-state index contributed by atoms with van der Waals surface area (Å²) in [6.07, 6.45) is 7.39. The van der Waals surface area contributed by atoms with Gasteiger partial charge in [-0.3, -0.25) is 9.59 Å². The fourth-order valence-corrected chi connectivity index (χ4v) is 3.73. The zero-order valence-corrected chi connectivity index (χ0v) is 18.7. The van der Waals surface area contributed by atoms with Crippen molar-refractivity contribution in [2.75, 3.05) is 10.6 Å². The van der Waals surface area contributed by atoms with Crippen LogP contribution in [0.25, 0.3) is 21.8 Å². The maximum Gasteiger partial charge on any atom is 0.274 e. The zero-order chi connectivity index (χ0) is 23.7. The summed E-state index contributed by atoms with van der Waals surface area (Å²) in [4.78, 5) is 34.9. The van der Waals surface area contributed by atoms with Gasteiger partial charge in [0.05, 0.1) is 11.0 Å². The molecule has 34 heavy (non-hydrogen) atoms. The first kappa shape index (κ1) is 21.1. The highest BCUT2D eigenvalue weighted by molar-refractivity contribution is 6.09. The average molecular weight is 451 g/mol. The van der Waals surface area contributed by atoms with Crippen molar-refractivity contribution in [1.82, 2.24) is 9.97 Å². The van der Waals surface area contributed by atoms with E-state index < -0.39 is 0 Å². The SMILES string of the molecule is C[n+]1cccc(NC(=O)c2ccc3ccc4ccc(C(=O)Nc5ccc[n+](C)c5)nc4c3n2)c1. The number of aromatic nitrogens is 4. The van der Waals surface area contributed by atoms with E-state index in [1.54, 1.807) is 12.1 Å². The summed E-state index contributed by atoms with van der Waals surface area (Å²) < 4.78 is 3.70. The number of pyridine rings is 4. The van der Waals surface area contributed by atoms with Gasteiger partial charge in [-0.2, -0.15) is 0 Å². The number of carbonyl (C=O) groups excluding carboxylic acids is 2. The fraction of sp³-hybridized carbons (Fsp3) is 0.0769. The maximum atomic E-state index is 12.8. The zero-order valence-electron chi connectivity index (χ0n) is 18.7. The van der Waals surface area contributed by atoms with E-state index in [1.807, 2.05) is 96.5 Å². The number of anilines is 2. The summed E-state index contributed by atoms with van der Waals surface area (Å²) in [5.74, 6) is -0.646. The minimum absolute atomic E-state index is 0.264. The number of amides is 2. The van der Waals surface area contributed by atoms with Crippen LogP contribution in [0, 0.1) is 0 Å². The van der Waals surface area contributed by atoms with Crippen molar-refractivity contribution < 1.29 is 18.7 Å². The molecule has 0 unspecified atom stereocenters. The van der Waals surface area contributed by atoms with Gasteiger partial charge in [0.1, 0.15) is 36.9 Å². The summed E-state index contributed by atoms with van der Waals surface area (Å²) >= 11 is 0. The van der Waals surface area contributed by atoms with Crippen LogP contribution in [-0.4, -0.2) is 21.8 Å². The largest absolute Gasteiger partial charge is 0.316 e. The molecular weight excluding hydrogens is 428 g/mol. The Morgan fingerprint density at radius 2 is 1.06 bits per heavy atom. The average Bonchev–Trinajstić information content (AvgIpc) is 2.83. The van der Waals surface area contributed by atoms with Crippen LogP contribution in [0.15, 0.2) is 85.5 Å². The van der Waals surface area contributed by atoms with Crippen molar-refractivity contribution in [3.05, 3.63) is 96.8 Å². The molecule has 2 N–H and O–H groups in total. The maximum absolute atomic E-state index is 12.8. The standard InChI is InChI=1S/C26H20N6O2/c1-31-13-3-5-19(15-31)27-25(33)21-11-9-17-7-8-18-10-12-22(30-24(18)23(17)29-21)26(34)28-20-6-4-14-32(2)16-20/h3-16H,1-2H3/p+2. The van der Waals surface area contributed by atoms with E-state index in [2.05, 4.69) is 20.6 Å². The summed E-state index contributed by atoms with van der Waals surface area (Å²) in [6, 6.07) is 18.2. The summed E-state index contributed by atoms with van der Waals surface area (Å²) in [6.45, 7) is 0. The molecular formula is C26H22N6O2+2. The van der Waals surface area contributed by atoms with Crippen molar-refractivity contribution >= 4 is 45.0 Å². The lowest BCUT2D eigenvalue weighted by Crippen LogP contribution is -2.27. The van der Waals surface area contributed by atoms with E-state index in [9.17, 15) is 9.59 Å². The van der Waals surface area contributed by atoms with Gasteiger partial charge in [-0.15, -0.1) is 0 Å². The quantitative estimate of drug-likeness (QED) is 0.325. The first-order valence-corrected chi connectivity index (χ1v) is 10.7. The molecule has 166 valence electrons. The van der Waals surface area contributed by atoms with Gasteiger partial charge in [0, 0.05) is 22.9 Å². The highest BCUT2D eigenvalue weighted by Gasteiger charge is 2.15. The van der Waals surface area contributed by atoms with E-state index >= 15 is 0 Å². The highest BCUT2D eigenvalue weighted by Crippen LogP contribution is 2.23. The van der Waals surface area contributed by atoms with Crippen LogP contribution in [0.3, 0.4) is 0 Å². The van der Waals surface area contributed by atoms with Crippen LogP contribution in [0.5, 0.6) is 0 Å². The predicted octanol–water partition coefficient (Wildman–Crippen LogP) is 2.94. The molecule has 0 aliphatic heterocycles. The van der Waals surface area contributed by atoms with Crippen LogP contribution in [0.2, 0.25) is 0 Å². The predicted molar refractivity (Wildman–Crippen MR) is 128 cm³/mol. The number of rotatable bonds is 4. The molecule has 5 aromatic rings. The minimum atomic E-state index is -0.323. The molecule has 8 heteroatoms. The lowest BCUT2D eigenvalue weighted by atomic mass is 10.1. The Hall–Kier alpha value is -4.72. The molecule has 0 bridgehead atoms. The third kappa shape index (κ3) is 4.29. The molecule has 5 rings (SSSR count). The lowest BCUT2D eigenvalue weighted by Gasteiger charge is -2.08. The van der Waals surface area contributed by atoms with Gasteiger partial charge in [-0.25, -0.2) is 19.1 Å². The number of hydrogen-bond donors (Lipinski definition) is 2. The first-order chi connectivity index (χ1) is 16.5. The molecule has 0 fully saturated rings. The molecule has 2 amide bonds. The van der Waals surface area contributed by atoms with Gasteiger partial charge in [-0.05, 0) is 24.3 Å². The third-order valence-electron chi connectivity index (χ3n) is 5.38. The Labute approximate surface area is 195 Å². The Morgan fingerprint density at radius 3 is 1.47 bits per heavy atom. The van der Waals surface area contributed by atoms with E-state index in [0.717, 1.165) is 10.8 Å². The molecule has 8 nitrogen and oxygen atoms in total. The normalized spacial score (nSPS) is 10.9. The number of benzene rings is 1. The third-order valence-corrected chi connectivity index (χ3v) is 5.38. The smallest absolute Gasteiger partial charge is 0.274 e. The van der Waals surface area contributed by atoms with Crippen LogP contribution < -0.4 is 19.8 Å². The molecule has 0 saturated heterocycles. The van der Waals surface area contributed by atoms with Crippen molar-refractivity contribution in [1.29, 1.82) is 0 Å². The molecule has 0 aliphatic rings. The Morgan fingerprint density at radius 1 is 0.647 bits per heavy atom. The Bertz CT molecular complexity index is 1460. The Kier molecular flexibility index (Phi) is 5.39. The van der Waals surface area contributed by atoms with Crippen LogP contribution in [0.1, 0.15) is 21.0 Å². The number of carbonyl (C=O) groups is 2. The number of fused-ring (bicyclic) bond motifs is 3. The summed E-state index contributed by atoms with van der Waals surface area (Å²) in [7, 11) is 3.76. The van der Waals surface area contributed by atoms with Crippen molar-refractivity contribution in [3.63, 3.8) is 0 Å². The highest BCUT2D eigenvalue weighted by atomic mass is 16.2. The van der Waals surface area contributed by atoms with E-state index in [-0.39, 0.29) is 23.2 Å². The molecule has 0 aliphatic carbocycles. The van der Waals surface area contributed by atoms with Crippen molar-refractivity contribution in [2.45, 2.75) is 0 Å². The lowest BCUT2D eigenvalue weighted by molar-refractivity contribution is -0.670. The molecule has 4 aromatic heterocycles. The molecule has 4 heterocycles. The van der Waals surface area contributed by atoms with E-state index in [0.29, 0.717) is 22.4 Å². The number of nitrogens with zero attached hydrogens (tertiary/aromatic N) is 4. The second kappa shape index (κ2) is 8.67. The summed E-state index contributed by atoms with van der Waals surface area (Å²) in [5.41, 5.74) is 2.98. The fourth-order valence-electron chi connectivity index (χ4n) is 3.73. The van der Waals surface area contributed by atoms with Gasteiger partial charge in [0.25, 0.3) is 11.8 Å². The van der Waals surface area contributed by atoms with Crippen LogP contribution >= 0.6 is 0 Å². The monoisotopic (exact) mass is 450 g/mol. The summed E-state index contributed by atoms with van der Waals surface area (Å²) in [5, 5.41) is 7.39. The van der Waals surface area contributed by atoms with Crippen LogP contribution in [0.4, 0.5) is 11.4 Å².